The number of carbonyl (C=O) groups excluding carboxylic acids is 2. The fourth-order valence-electron chi connectivity index (χ4n) is 3.97. The molecule has 3 aromatic heterocycles. The molecule has 8 nitrogen and oxygen atoms in total. The van der Waals surface area contributed by atoms with Gasteiger partial charge in [-0.05, 0) is 43.3 Å². The summed E-state index contributed by atoms with van der Waals surface area (Å²) in [6, 6.07) is 11.2. The van der Waals surface area contributed by atoms with Crippen LogP contribution in [0.2, 0.25) is 0 Å². The summed E-state index contributed by atoms with van der Waals surface area (Å²) in [4.78, 5) is 34.5. The molecule has 2 amide bonds. The van der Waals surface area contributed by atoms with Gasteiger partial charge in [-0.3, -0.25) is 14.0 Å². The highest BCUT2D eigenvalue weighted by Crippen LogP contribution is 2.26. The van der Waals surface area contributed by atoms with Crippen LogP contribution in [-0.2, 0) is 11.2 Å². The van der Waals surface area contributed by atoms with Gasteiger partial charge < -0.3 is 19.0 Å². The number of rotatable bonds is 6. The third kappa shape index (κ3) is 4.36. The average molecular weight is 465 g/mol. The molecule has 33 heavy (non-hydrogen) atoms. The summed E-state index contributed by atoms with van der Waals surface area (Å²) in [5.41, 5.74) is 2.78. The van der Waals surface area contributed by atoms with Crippen LogP contribution in [0, 0.1) is 0 Å². The van der Waals surface area contributed by atoms with Crippen molar-refractivity contribution in [2.75, 3.05) is 32.8 Å². The van der Waals surface area contributed by atoms with Gasteiger partial charge >= 0.3 is 0 Å². The molecule has 4 heterocycles. The van der Waals surface area contributed by atoms with Crippen molar-refractivity contribution < 1.29 is 18.7 Å². The van der Waals surface area contributed by atoms with E-state index in [1.165, 1.54) is 17.6 Å². The lowest BCUT2D eigenvalue weighted by Crippen LogP contribution is -2.51. The first kappa shape index (κ1) is 21.3. The molecule has 0 unspecified atom stereocenters. The van der Waals surface area contributed by atoms with Crippen molar-refractivity contribution in [3.63, 3.8) is 0 Å². The van der Waals surface area contributed by atoms with Crippen molar-refractivity contribution in [2.24, 2.45) is 0 Å². The Balaban J connectivity index is 1.23. The number of aromatic nitrogens is 2. The van der Waals surface area contributed by atoms with Crippen molar-refractivity contribution in [2.45, 2.75) is 13.3 Å². The van der Waals surface area contributed by atoms with Gasteiger partial charge in [0.1, 0.15) is 5.75 Å². The number of carbonyl (C=O) groups is 2. The number of hydrogen-bond donors (Lipinski definition) is 0. The van der Waals surface area contributed by atoms with Gasteiger partial charge in [0.25, 0.3) is 5.91 Å². The number of fused-ring (bicyclic) bond motifs is 1. The molecule has 0 spiro atoms. The van der Waals surface area contributed by atoms with E-state index < -0.39 is 0 Å². The second kappa shape index (κ2) is 9.11. The molecule has 5 rings (SSSR count). The van der Waals surface area contributed by atoms with Gasteiger partial charge in [0.15, 0.2) is 10.7 Å². The molecule has 0 aliphatic carbocycles. The van der Waals surface area contributed by atoms with Crippen LogP contribution in [0.25, 0.3) is 16.2 Å². The number of thiazole rings is 1. The second-order valence-corrected chi connectivity index (χ2v) is 8.63. The summed E-state index contributed by atoms with van der Waals surface area (Å²) in [5, 5.41) is 1.99. The van der Waals surface area contributed by atoms with Crippen LogP contribution in [0.1, 0.15) is 23.2 Å². The number of furan rings is 1. The van der Waals surface area contributed by atoms with Crippen molar-refractivity contribution in [3.05, 3.63) is 65.7 Å². The lowest BCUT2D eigenvalue weighted by Gasteiger charge is -2.34. The maximum atomic E-state index is 13.0. The Morgan fingerprint density at radius 2 is 1.85 bits per heavy atom. The molecule has 1 aromatic carbocycles. The van der Waals surface area contributed by atoms with Crippen molar-refractivity contribution in [1.29, 1.82) is 0 Å². The number of imidazole rings is 1. The topological polar surface area (TPSA) is 80.3 Å². The Kier molecular flexibility index (Phi) is 5.87. The van der Waals surface area contributed by atoms with E-state index >= 15 is 0 Å². The number of hydrogen-bond acceptors (Lipinski definition) is 6. The van der Waals surface area contributed by atoms with Crippen LogP contribution in [-0.4, -0.2) is 63.8 Å². The molecule has 1 fully saturated rings. The lowest BCUT2D eigenvalue weighted by atomic mass is 10.1. The maximum Gasteiger partial charge on any atom is 0.289 e. The average Bonchev–Trinajstić information content (AvgIpc) is 3.59. The zero-order valence-corrected chi connectivity index (χ0v) is 19.1. The smallest absolute Gasteiger partial charge is 0.289 e. The number of nitrogens with zero attached hydrogens (tertiary/aromatic N) is 4. The van der Waals surface area contributed by atoms with E-state index in [2.05, 4.69) is 0 Å². The van der Waals surface area contributed by atoms with E-state index in [1.54, 1.807) is 17.0 Å². The van der Waals surface area contributed by atoms with Crippen molar-refractivity contribution in [3.8, 4) is 17.0 Å². The number of amides is 2. The molecule has 0 atom stereocenters. The number of ether oxygens (including phenoxy) is 1. The third-order valence-corrected chi connectivity index (χ3v) is 6.62. The minimum atomic E-state index is -0.133. The highest BCUT2D eigenvalue weighted by atomic mass is 32.1. The van der Waals surface area contributed by atoms with Crippen molar-refractivity contribution >= 4 is 28.1 Å². The van der Waals surface area contributed by atoms with Crippen molar-refractivity contribution in [1.82, 2.24) is 19.2 Å². The number of piperazine rings is 1. The first-order valence-corrected chi connectivity index (χ1v) is 11.8. The maximum absolute atomic E-state index is 13.0. The molecule has 9 heteroatoms. The quantitative estimate of drug-likeness (QED) is 0.436. The molecule has 0 radical (unpaired) electrons. The summed E-state index contributed by atoms with van der Waals surface area (Å²) in [6.45, 7) is 4.61. The Bertz CT molecular complexity index is 1250. The molecule has 1 aliphatic heterocycles. The minimum absolute atomic E-state index is 0.0520. The fourth-order valence-corrected chi connectivity index (χ4v) is 4.84. The SMILES string of the molecule is CCOc1ccc(-c2cn3c(CC(=O)N4CCN(C(=O)c5ccco5)CC4)csc3n2)cc1. The summed E-state index contributed by atoms with van der Waals surface area (Å²) in [6.07, 6.45) is 3.77. The normalized spacial score (nSPS) is 14.1. The number of benzene rings is 1. The summed E-state index contributed by atoms with van der Waals surface area (Å²) in [5.74, 6) is 1.08. The Morgan fingerprint density at radius 3 is 2.55 bits per heavy atom. The molecule has 0 saturated carbocycles. The Labute approximate surface area is 195 Å². The van der Waals surface area contributed by atoms with E-state index in [0.29, 0.717) is 45.0 Å². The van der Waals surface area contributed by atoms with Gasteiger partial charge in [-0.15, -0.1) is 11.3 Å². The van der Waals surface area contributed by atoms with Gasteiger partial charge in [-0.2, -0.15) is 0 Å². The van der Waals surface area contributed by atoms with Gasteiger partial charge in [-0.25, -0.2) is 4.98 Å². The molecule has 0 bridgehead atoms. The molecular weight excluding hydrogens is 440 g/mol. The lowest BCUT2D eigenvalue weighted by molar-refractivity contribution is -0.132. The molecule has 4 aromatic rings. The zero-order valence-electron chi connectivity index (χ0n) is 18.3. The van der Waals surface area contributed by atoms with E-state index in [0.717, 1.165) is 27.7 Å². The third-order valence-electron chi connectivity index (χ3n) is 5.73. The van der Waals surface area contributed by atoms with E-state index in [1.807, 2.05) is 52.1 Å². The predicted molar refractivity (Wildman–Crippen MR) is 125 cm³/mol. The second-order valence-electron chi connectivity index (χ2n) is 7.79. The highest BCUT2D eigenvalue weighted by molar-refractivity contribution is 7.15. The Hall–Kier alpha value is -3.59. The summed E-state index contributed by atoms with van der Waals surface area (Å²) in [7, 11) is 0. The zero-order chi connectivity index (χ0) is 22.8. The first-order chi connectivity index (χ1) is 16.1. The van der Waals surface area contributed by atoms with Gasteiger partial charge in [0.2, 0.25) is 5.91 Å². The minimum Gasteiger partial charge on any atom is -0.494 e. The van der Waals surface area contributed by atoms with Crippen LogP contribution in [0.15, 0.2) is 58.7 Å². The largest absolute Gasteiger partial charge is 0.494 e. The van der Waals surface area contributed by atoms with Crippen LogP contribution < -0.4 is 4.74 Å². The van der Waals surface area contributed by atoms with Gasteiger partial charge in [0.05, 0.1) is 25.0 Å². The monoisotopic (exact) mass is 464 g/mol. The van der Waals surface area contributed by atoms with Gasteiger partial charge in [-0.1, -0.05) is 0 Å². The molecule has 0 N–H and O–H groups in total. The van der Waals surface area contributed by atoms with Crippen LogP contribution in [0.4, 0.5) is 0 Å². The fraction of sp³-hybridized carbons (Fsp3) is 0.292. The molecular formula is C24H24N4O4S. The van der Waals surface area contributed by atoms with E-state index in [-0.39, 0.29) is 11.8 Å². The standard InChI is InChI=1S/C24H24N4O4S/c1-2-31-19-7-5-17(6-8-19)20-15-28-18(16-33-24(28)25-20)14-22(29)26-9-11-27(12-10-26)23(30)21-4-3-13-32-21/h3-8,13,15-16H,2,9-12,14H2,1H3. The van der Waals surface area contributed by atoms with Gasteiger partial charge in [0, 0.05) is 49.0 Å². The summed E-state index contributed by atoms with van der Waals surface area (Å²) < 4.78 is 12.7. The first-order valence-electron chi connectivity index (χ1n) is 10.9. The summed E-state index contributed by atoms with van der Waals surface area (Å²) >= 11 is 1.53. The molecule has 1 aliphatic rings. The highest BCUT2D eigenvalue weighted by Gasteiger charge is 2.26. The molecule has 170 valence electrons. The van der Waals surface area contributed by atoms with Crippen LogP contribution in [0.5, 0.6) is 5.75 Å². The van der Waals surface area contributed by atoms with Crippen LogP contribution >= 0.6 is 11.3 Å². The van der Waals surface area contributed by atoms with E-state index in [4.69, 9.17) is 14.1 Å². The Morgan fingerprint density at radius 1 is 1.09 bits per heavy atom. The van der Waals surface area contributed by atoms with Crippen LogP contribution in [0.3, 0.4) is 0 Å². The van der Waals surface area contributed by atoms with E-state index in [9.17, 15) is 9.59 Å². The molecule has 1 saturated heterocycles. The predicted octanol–water partition coefficient (Wildman–Crippen LogP) is 3.58.